The fraction of sp³-hybridized carbons (Fsp3) is 0.371. The van der Waals surface area contributed by atoms with Crippen LogP contribution >= 0.6 is 0 Å². The molecule has 1 aliphatic rings. The van der Waals surface area contributed by atoms with E-state index in [0.29, 0.717) is 36.0 Å². The van der Waals surface area contributed by atoms with Crippen molar-refractivity contribution in [2.75, 3.05) is 41.5 Å². The zero-order chi connectivity index (χ0) is 30.2. The molecular weight excluding hydrogens is 542 g/mol. The Morgan fingerprint density at radius 2 is 1.74 bits per heavy atom. The van der Waals surface area contributed by atoms with Crippen molar-refractivity contribution in [1.29, 1.82) is 0 Å². The van der Waals surface area contributed by atoms with E-state index in [1.165, 1.54) is 11.1 Å². The Morgan fingerprint density at radius 3 is 2.56 bits per heavy atom. The van der Waals surface area contributed by atoms with Gasteiger partial charge in [0, 0.05) is 43.7 Å². The molecule has 43 heavy (non-hydrogen) atoms. The van der Waals surface area contributed by atoms with Crippen LogP contribution in [0.1, 0.15) is 47.2 Å². The number of hydrogen-bond acceptors (Lipinski definition) is 7. The summed E-state index contributed by atoms with van der Waals surface area (Å²) in [5.74, 6) is 2.12. The van der Waals surface area contributed by atoms with Gasteiger partial charge >= 0.3 is 0 Å². The molecule has 1 atom stereocenters. The normalized spacial score (nSPS) is 15.0. The van der Waals surface area contributed by atoms with Crippen molar-refractivity contribution in [3.8, 4) is 23.0 Å². The van der Waals surface area contributed by atoms with E-state index < -0.39 is 0 Å². The van der Waals surface area contributed by atoms with E-state index in [-0.39, 0.29) is 11.9 Å². The molecule has 1 unspecified atom stereocenters. The number of para-hydroxylation sites is 1. The van der Waals surface area contributed by atoms with Crippen LogP contribution in [0, 0.1) is 0 Å². The Bertz CT molecular complexity index is 1540. The number of carbonyl (C=O) groups is 1. The van der Waals surface area contributed by atoms with E-state index in [9.17, 15) is 4.79 Å². The van der Waals surface area contributed by atoms with E-state index in [1.54, 1.807) is 33.5 Å². The summed E-state index contributed by atoms with van der Waals surface area (Å²) in [7, 11) is 6.78. The Labute approximate surface area is 254 Å². The number of rotatable bonds is 12. The molecule has 0 radical (unpaired) electrons. The molecule has 0 spiro atoms. The molecule has 0 saturated carbocycles. The molecule has 8 nitrogen and oxygen atoms in total. The van der Waals surface area contributed by atoms with E-state index in [0.717, 1.165) is 55.4 Å². The molecule has 1 aromatic heterocycles. The maximum Gasteiger partial charge on any atom is 0.258 e. The first-order chi connectivity index (χ1) is 21.0. The molecule has 5 rings (SSSR count). The first kappa shape index (κ1) is 30.2. The van der Waals surface area contributed by atoms with Gasteiger partial charge in [0.15, 0.2) is 11.5 Å². The van der Waals surface area contributed by atoms with Gasteiger partial charge in [-0.25, -0.2) is 0 Å². The number of fused-ring (bicyclic) bond motifs is 1. The van der Waals surface area contributed by atoms with Crippen molar-refractivity contribution in [2.24, 2.45) is 0 Å². The minimum absolute atomic E-state index is 0.0612. The fourth-order valence-corrected chi connectivity index (χ4v) is 5.99. The second kappa shape index (κ2) is 14.2. The molecule has 2 heterocycles. The third kappa shape index (κ3) is 7.03. The molecule has 1 fully saturated rings. The summed E-state index contributed by atoms with van der Waals surface area (Å²) in [4.78, 5) is 22.6. The number of amides is 1. The van der Waals surface area contributed by atoms with Crippen LogP contribution in [0.5, 0.6) is 23.0 Å². The smallest absolute Gasteiger partial charge is 0.258 e. The highest BCUT2D eigenvalue weighted by molar-refractivity contribution is 5.98. The molecule has 4 aromatic rings. The topological polar surface area (TPSA) is 73.4 Å². The lowest BCUT2D eigenvalue weighted by molar-refractivity contribution is 0.0576. The molecule has 0 bridgehead atoms. The lowest BCUT2D eigenvalue weighted by Gasteiger charge is -2.36. The van der Waals surface area contributed by atoms with Gasteiger partial charge in [0.25, 0.3) is 5.91 Å². The van der Waals surface area contributed by atoms with Gasteiger partial charge < -0.3 is 23.8 Å². The lowest BCUT2D eigenvalue weighted by Crippen LogP contribution is -2.44. The van der Waals surface area contributed by atoms with Crippen molar-refractivity contribution in [3.63, 3.8) is 0 Å². The second-order valence-corrected chi connectivity index (χ2v) is 11.0. The molecule has 1 aliphatic heterocycles. The summed E-state index contributed by atoms with van der Waals surface area (Å²) in [5, 5.41) is 1.16. The summed E-state index contributed by atoms with van der Waals surface area (Å²) < 4.78 is 22.7. The molecule has 1 saturated heterocycles. The Balaban J connectivity index is 1.20. The molecule has 1 amide bonds. The number of benzene rings is 3. The Kier molecular flexibility index (Phi) is 10.00. The summed E-state index contributed by atoms with van der Waals surface area (Å²) in [6, 6.07) is 22.3. The van der Waals surface area contributed by atoms with Crippen LogP contribution in [-0.2, 0) is 13.1 Å². The zero-order valence-corrected chi connectivity index (χ0v) is 25.5. The van der Waals surface area contributed by atoms with Crippen LogP contribution in [0.25, 0.3) is 10.9 Å². The molecule has 0 aliphatic carbocycles. The van der Waals surface area contributed by atoms with Gasteiger partial charge in [-0.3, -0.25) is 14.7 Å². The summed E-state index contributed by atoms with van der Waals surface area (Å²) in [6.07, 6.45) is 5.61. The van der Waals surface area contributed by atoms with Gasteiger partial charge in [-0.2, -0.15) is 0 Å². The predicted molar refractivity (Wildman–Crippen MR) is 168 cm³/mol. The van der Waals surface area contributed by atoms with Crippen molar-refractivity contribution >= 4 is 16.8 Å². The summed E-state index contributed by atoms with van der Waals surface area (Å²) >= 11 is 0. The summed E-state index contributed by atoms with van der Waals surface area (Å²) in [6.45, 7) is 2.82. The van der Waals surface area contributed by atoms with Crippen molar-refractivity contribution in [1.82, 2.24) is 14.8 Å². The third-order valence-corrected chi connectivity index (χ3v) is 8.05. The maximum absolute atomic E-state index is 13.7. The molecular formula is C35H41N3O5. The molecule has 8 heteroatoms. The van der Waals surface area contributed by atoms with Gasteiger partial charge in [-0.15, -0.1) is 0 Å². The number of pyridine rings is 1. The quantitative estimate of drug-likeness (QED) is 0.192. The molecule has 226 valence electrons. The first-order valence-electron chi connectivity index (χ1n) is 14.8. The highest BCUT2D eigenvalue weighted by atomic mass is 16.5. The Hall–Kier alpha value is -4.30. The third-order valence-electron chi connectivity index (χ3n) is 8.05. The van der Waals surface area contributed by atoms with Crippen molar-refractivity contribution in [3.05, 3.63) is 89.6 Å². The second-order valence-electron chi connectivity index (χ2n) is 11.0. The summed E-state index contributed by atoms with van der Waals surface area (Å²) in [5.41, 5.74) is 3.92. The number of nitrogens with zero attached hydrogens (tertiary/aromatic N) is 3. The van der Waals surface area contributed by atoms with Crippen LogP contribution in [0.4, 0.5) is 0 Å². The fourth-order valence-electron chi connectivity index (χ4n) is 5.99. The number of carbonyl (C=O) groups excluding carboxylic acids is 1. The molecule has 3 aromatic carbocycles. The van der Waals surface area contributed by atoms with Crippen molar-refractivity contribution in [2.45, 2.75) is 44.8 Å². The van der Waals surface area contributed by atoms with Gasteiger partial charge in [0.2, 0.25) is 5.75 Å². The van der Waals surface area contributed by atoms with Crippen LogP contribution in [-0.4, -0.2) is 68.3 Å². The Morgan fingerprint density at radius 1 is 0.930 bits per heavy atom. The van der Waals surface area contributed by atoms with Crippen LogP contribution in [0.2, 0.25) is 0 Å². The maximum atomic E-state index is 13.7. The average molecular weight is 584 g/mol. The number of likely N-dealkylation sites (tertiary alicyclic amines) is 1. The van der Waals surface area contributed by atoms with Gasteiger partial charge in [0.1, 0.15) is 5.75 Å². The minimum Gasteiger partial charge on any atom is -0.494 e. The van der Waals surface area contributed by atoms with Crippen LogP contribution < -0.4 is 18.9 Å². The van der Waals surface area contributed by atoms with Gasteiger partial charge in [-0.05, 0) is 67.8 Å². The monoisotopic (exact) mass is 583 g/mol. The van der Waals surface area contributed by atoms with Crippen LogP contribution in [0.15, 0.2) is 72.9 Å². The number of hydrogen-bond donors (Lipinski definition) is 0. The number of ether oxygens (including phenoxy) is 4. The van der Waals surface area contributed by atoms with Crippen molar-refractivity contribution < 1.29 is 23.7 Å². The molecule has 0 N–H and O–H groups in total. The number of aromatic nitrogens is 1. The minimum atomic E-state index is -0.0612. The predicted octanol–water partition coefficient (Wildman–Crippen LogP) is 6.36. The van der Waals surface area contributed by atoms with E-state index in [1.807, 2.05) is 29.3 Å². The van der Waals surface area contributed by atoms with E-state index in [2.05, 4.69) is 53.3 Å². The number of piperidine rings is 1. The van der Waals surface area contributed by atoms with Gasteiger partial charge in [-0.1, -0.05) is 36.4 Å². The SMILES string of the molecule is COc1ccc(C(=O)N2CCCCC2CCOc2cccc(CN(C)Cc3cccc4cccnc34)c2)c(OC)c1OC. The van der Waals surface area contributed by atoms with Gasteiger partial charge in [0.05, 0.1) is 39.0 Å². The van der Waals surface area contributed by atoms with E-state index in [4.69, 9.17) is 18.9 Å². The zero-order valence-electron chi connectivity index (χ0n) is 25.5. The highest BCUT2D eigenvalue weighted by Gasteiger charge is 2.31. The van der Waals surface area contributed by atoms with Crippen LogP contribution in [0.3, 0.4) is 0 Å². The lowest BCUT2D eigenvalue weighted by atomic mass is 9.98. The largest absolute Gasteiger partial charge is 0.494 e. The first-order valence-corrected chi connectivity index (χ1v) is 14.8. The highest BCUT2D eigenvalue weighted by Crippen LogP contribution is 2.40. The number of methoxy groups -OCH3 is 3. The average Bonchev–Trinajstić information content (AvgIpc) is 3.04. The van der Waals surface area contributed by atoms with E-state index >= 15 is 0 Å². The standard InChI is InChI=1S/C35H41N3O5/c1-37(24-27-12-8-11-26-13-9-19-36-32(26)27)23-25-10-7-15-29(22-25)43-21-18-28-14-5-6-20-38(28)35(39)30-16-17-31(40-2)34(42-4)33(30)41-3/h7-13,15-17,19,22,28H,5-6,14,18,20-21,23-24H2,1-4H3.